The van der Waals surface area contributed by atoms with Gasteiger partial charge in [-0.3, -0.25) is 4.79 Å². The summed E-state index contributed by atoms with van der Waals surface area (Å²) in [5, 5.41) is 32.9. The molecule has 2 aromatic carbocycles. The smallest absolute Gasteiger partial charge is 0.191 e. The summed E-state index contributed by atoms with van der Waals surface area (Å²) in [4.78, 5) is 12.5. The van der Waals surface area contributed by atoms with Crippen LogP contribution in [0.15, 0.2) is 35.1 Å². The third kappa shape index (κ3) is 2.91. The van der Waals surface area contributed by atoms with Crippen LogP contribution >= 0.6 is 0 Å². The number of benzene rings is 2. The fourth-order valence-corrected chi connectivity index (χ4v) is 3.63. The summed E-state index contributed by atoms with van der Waals surface area (Å²) in [5.74, 6) is -0.0382. The lowest BCUT2D eigenvalue weighted by molar-refractivity contribution is 0.291. The second-order valence-electron chi connectivity index (χ2n) is 6.71. The maximum Gasteiger partial charge on any atom is 0.191 e. The van der Waals surface area contributed by atoms with Crippen LogP contribution in [-0.2, 0) is 6.54 Å². The Kier molecular flexibility index (Phi) is 4.99. The first-order chi connectivity index (χ1) is 13.7. The predicted octanol–water partition coefficient (Wildman–Crippen LogP) is 0.987. The van der Waals surface area contributed by atoms with E-state index in [0.717, 1.165) is 28.7 Å². The zero-order valence-electron chi connectivity index (χ0n) is 15.4. The van der Waals surface area contributed by atoms with Crippen molar-refractivity contribution in [1.82, 2.24) is 14.9 Å². The van der Waals surface area contributed by atoms with Crippen LogP contribution in [0.25, 0.3) is 27.2 Å². The molecule has 0 fully saturated rings. The monoisotopic (exact) mass is 381 g/mol. The normalized spacial score (nSPS) is 11.8. The van der Waals surface area contributed by atoms with Gasteiger partial charge >= 0.3 is 0 Å². The van der Waals surface area contributed by atoms with E-state index in [1.54, 1.807) is 16.6 Å². The Morgan fingerprint density at radius 3 is 2.79 bits per heavy atom. The van der Waals surface area contributed by atoms with E-state index in [2.05, 4.69) is 10.6 Å². The van der Waals surface area contributed by atoms with Gasteiger partial charge in [0.05, 0.1) is 34.1 Å². The Labute approximate surface area is 160 Å². The highest BCUT2D eigenvalue weighted by Crippen LogP contribution is 2.40. The molecule has 0 saturated carbocycles. The molecule has 146 valence electrons. The number of aliphatic hydroxyl groups excluding tert-OH is 1. The van der Waals surface area contributed by atoms with Crippen molar-refractivity contribution in [2.45, 2.75) is 13.0 Å². The molecule has 4 rings (SSSR count). The third-order valence-corrected chi connectivity index (χ3v) is 4.90. The summed E-state index contributed by atoms with van der Waals surface area (Å²) in [5.41, 5.74) is 8.19. The Hall–Kier alpha value is -2.94. The van der Waals surface area contributed by atoms with Crippen LogP contribution in [0.1, 0.15) is 12.1 Å². The molecule has 0 unspecified atom stereocenters. The Morgan fingerprint density at radius 1 is 1.14 bits per heavy atom. The summed E-state index contributed by atoms with van der Waals surface area (Å²) in [7, 11) is 0. The number of fused-ring (bicyclic) bond motifs is 2. The molecule has 0 aliphatic rings. The van der Waals surface area contributed by atoms with Crippen molar-refractivity contribution >= 4 is 32.9 Å². The van der Waals surface area contributed by atoms with E-state index < -0.39 is 0 Å². The fourth-order valence-electron chi connectivity index (χ4n) is 3.63. The van der Waals surface area contributed by atoms with Crippen LogP contribution < -0.4 is 21.8 Å². The quantitative estimate of drug-likeness (QED) is 0.228. The van der Waals surface area contributed by atoms with E-state index in [-0.39, 0.29) is 23.2 Å². The number of nitrogens with one attached hydrogen (secondary N) is 2. The number of aromatic hydroxyl groups is 1. The molecule has 0 radical (unpaired) electrons. The van der Waals surface area contributed by atoms with Gasteiger partial charge in [-0.2, -0.15) is 5.10 Å². The Morgan fingerprint density at radius 2 is 2.00 bits per heavy atom. The highest BCUT2D eigenvalue weighted by atomic mass is 16.3. The van der Waals surface area contributed by atoms with Crippen molar-refractivity contribution in [3.63, 3.8) is 0 Å². The molecular formula is C20H23N5O3. The van der Waals surface area contributed by atoms with Gasteiger partial charge in [0.1, 0.15) is 5.75 Å². The number of aromatic nitrogens is 2. The second kappa shape index (κ2) is 7.59. The molecular weight excluding hydrogens is 358 g/mol. The summed E-state index contributed by atoms with van der Waals surface area (Å²) in [6, 6.07) is 8.74. The first-order valence-corrected chi connectivity index (χ1v) is 9.34. The van der Waals surface area contributed by atoms with E-state index in [4.69, 9.17) is 15.9 Å². The average molecular weight is 381 g/mol. The number of nitrogens with zero attached hydrogens (tertiary/aromatic N) is 2. The summed E-state index contributed by atoms with van der Waals surface area (Å²) >= 11 is 0. The zero-order chi connectivity index (χ0) is 19.7. The molecule has 0 amide bonds. The molecule has 28 heavy (non-hydrogen) atoms. The molecule has 0 aliphatic carbocycles. The van der Waals surface area contributed by atoms with Crippen molar-refractivity contribution < 1.29 is 10.2 Å². The van der Waals surface area contributed by atoms with Crippen LogP contribution in [0.5, 0.6) is 5.75 Å². The number of hydrogen-bond acceptors (Lipinski definition) is 7. The van der Waals surface area contributed by atoms with Crippen molar-refractivity contribution in [1.29, 1.82) is 0 Å². The molecule has 8 heteroatoms. The van der Waals surface area contributed by atoms with Gasteiger partial charge in [-0.05, 0) is 37.2 Å². The van der Waals surface area contributed by atoms with Crippen molar-refractivity contribution in [3.05, 3.63) is 46.2 Å². The topological polar surface area (TPSA) is 125 Å². The Bertz CT molecular complexity index is 1190. The van der Waals surface area contributed by atoms with Gasteiger partial charge in [0.2, 0.25) is 0 Å². The largest absolute Gasteiger partial charge is 0.506 e. The number of hydrogen-bond donors (Lipinski definition) is 5. The lowest BCUT2D eigenvalue weighted by Gasteiger charge is -2.13. The molecule has 0 spiro atoms. The molecule has 0 bridgehead atoms. The fraction of sp³-hybridized carbons (Fsp3) is 0.300. The zero-order valence-corrected chi connectivity index (χ0v) is 15.4. The first kappa shape index (κ1) is 18.4. The standard InChI is InChI=1S/C20H23N5O3/c21-7-2-8-23-13-6-5-12-14(11-22-9-10-26)24-25-15-3-1-4-16(27)18(15)20(28)17(13)19(12)25/h1,3-6,22-23,26,28H,2,7-11,21H2. The SMILES string of the molecule is NCCCNc1ccc2c(CNCCO)nn3c4cccc(=O)c4c(O)c1c23. The van der Waals surface area contributed by atoms with Crippen LogP contribution in [-0.4, -0.2) is 46.1 Å². The van der Waals surface area contributed by atoms with Crippen LogP contribution in [0, 0.1) is 0 Å². The molecule has 8 nitrogen and oxygen atoms in total. The van der Waals surface area contributed by atoms with Gasteiger partial charge in [0.25, 0.3) is 0 Å². The first-order valence-electron chi connectivity index (χ1n) is 9.34. The molecule has 4 aromatic rings. The number of rotatable bonds is 8. The number of pyridine rings is 1. The second-order valence-corrected chi connectivity index (χ2v) is 6.71. The minimum atomic E-state index is -0.249. The van der Waals surface area contributed by atoms with E-state index in [0.29, 0.717) is 37.1 Å². The predicted molar refractivity (Wildman–Crippen MR) is 110 cm³/mol. The van der Waals surface area contributed by atoms with E-state index in [1.807, 2.05) is 12.1 Å². The van der Waals surface area contributed by atoms with Gasteiger partial charge < -0.3 is 26.6 Å². The Balaban J connectivity index is 2.02. The van der Waals surface area contributed by atoms with Crippen LogP contribution in [0.2, 0.25) is 0 Å². The van der Waals surface area contributed by atoms with Gasteiger partial charge in [-0.15, -0.1) is 0 Å². The molecule has 0 saturated heterocycles. The average Bonchev–Trinajstić information content (AvgIpc) is 3.06. The van der Waals surface area contributed by atoms with Crippen LogP contribution in [0.4, 0.5) is 5.69 Å². The lowest BCUT2D eigenvalue weighted by Crippen LogP contribution is -2.17. The van der Waals surface area contributed by atoms with Gasteiger partial charge in [-0.25, -0.2) is 4.52 Å². The molecule has 0 aliphatic heterocycles. The highest BCUT2D eigenvalue weighted by molar-refractivity contribution is 6.13. The van der Waals surface area contributed by atoms with E-state index in [1.165, 1.54) is 6.07 Å². The third-order valence-electron chi connectivity index (χ3n) is 4.90. The summed E-state index contributed by atoms with van der Waals surface area (Å²) in [6.07, 6.45) is 0.789. The number of nitrogens with two attached hydrogens (primary N) is 1. The van der Waals surface area contributed by atoms with Gasteiger partial charge in [0.15, 0.2) is 5.43 Å². The van der Waals surface area contributed by atoms with E-state index >= 15 is 0 Å². The van der Waals surface area contributed by atoms with Gasteiger partial charge in [-0.1, -0.05) is 6.07 Å². The van der Waals surface area contributed by atoms with Gasteiger partial charge in [0, 0.05) is 30.7 Å². The highest BCUT2D eigenvalue weighted by Gasteiger charge is 2.21. The van der Waals surface area contributed by atoms with Crippen molar-refractivity contribution in [3.8, 4) is 5.75 Å². The van der Waals surface area contributed by atoms with Crippen molar-refractivity contribution in [2.75, 3.05) is 31.6 Å². The number of anilines is 1. The summed E-state index contributed by atoms with van der Waals surface area (Å²) < 4.78 is 1.73. The summed E-state index contributed by atoms with van der Waals surface area (Å²) in [6.45, 7) is 2.19. The maximum absolute atomic E-state index is 12.5. The van der Waals surface area contributed by atoms with Crippen LogP contribution in [0.3, 0.4) is 0 Å². The molecule has 2 aromatic heterocycles. The maximum atomic E-state index is 12.5. The van der Waals surface area contributed by atoms with Crippen molar-refractivity contribution in [2.24, 2.45) is 5.73 Å². The minimum Gasteiger partial charge on any atom is -0.506 e. The molecule has 2 heterocycles. The number of aliphatic hydroxyl groups is 1. The minimum absolute atomic E-state index is 0.0377. The molecule has 6 N–H and O–H groups in total. The molecule has 0 atom stereocenters. The lowest BCUT2D eigenvalue weighted by atomic mass is 10.0. The van der Waals surface area contributed by atoms with E-state index in [9.17, 15) is 9.90 Å².